The Labute approximate surface area is 134 Å². The Morgan fingerprint density at radius 1 is 0.727 bits per heavy atom. The second-order valence-corrected chi connectivity index (χ2v) is 7.42. The minimum absolute atomic E-state index is 0.243. The molecule has 0 radical (unpaired) electrons. The number of nitrogens with one attached hydrogen (secondary N) is 1. The van der Waals surface area contributed by atoms with Crippen molar-refractivity contribution in [3.8, 4) is 0 Å². The molecule has 0 aromatic heterocycles. The first-order chi connectivity index (χ1) is 10.7. The van der Waals surface area contributed by atoms with Crippen molar-refractivity contribution in [1.29, 1.82) is 0 Å². The highest BCUT2D eigenvalue weighted by atomic mass is 16.2. The average Bonchev–Trinajstić information content (AvgIpc) is 3.10. The number of carbonyl (C=O) groups is 2. The molecule has 0 spiro atoms. The third-order valence-electron chi connectivity index (χ3n) is 5.83. The monoisotopic (exact) mass is 306 g/mol. The van der Waals surface area contributed by atoms with Gasteiger partial charge in [0.1, 0.15) is 0 Å². The first-order valence-electron chi connectivity index (χ1n) is 9.33. The first-order valence-corrected chi connectivity index (χ1v) is 9.33. The third kappa shape index (κ3) is 3.82. The van der Waals surface area contributed by atoms with Crippen LogP contribution in [0.3, 0.4) is 0 Å². The summed E-state index contributed by atoms with van der Waals surface area (Å²) < 4.78 is 0. The van der Waals surface area contributed by atoms with Gasteiger partial charge in [-0.25, -0.2) is 0 Å². The summed E-state index contributed by atoms with van der Waals surface area (Å²) in [7, 11) is 0. The Morgan fingerprint density at radius 2 is 1.27 bits per heavy atom. The standard InChI is InChI=1S/C18H30N2O2/c21-17(14-6-2-1-3-7-14)19-16-10-12-20(13-11-16)18(22)15-8-4-5-9-15/h14-16H,1-13H2,(H,19,21). The molecule has 4 heteroatoms. The van der Waals surface area contributed by atoms with Gasteiger partial charge in [0, 0.05) is 31.0 Å². The van der Waals surface area contributed by atoms with E-state index in [1.807, 2.05) is 4.90 Å². The summed E-state index contributed by atoms with van der Waals surface area (Å²) in [6, 6.07) is 0.280. The molecule has 0 bridgehead atoms. The Balaban J connectivity index is 1.41. The third-order valence-corrected chi connectivity index (χ3v) is 5.83. The zero-order valence-electron chi connectivity index (χ0n) is 13.7. The van der Waals surface area contributed by atoms with E-state index >= 15 is 0 Å². The summed E-state index contributed by atoms with van der Waals surface area (Å²) >= 11 is 0. The summed E-state index contributed by atoms with van der Waals surface area (Å²) in [5, 5.41) is 3.24. The lowest BCUT2D eigenvalue weighted by atomic mass is 9.88. The highest BCUT2D eigenvalue weighted by Gasteiger charge is 2.31. The van der Waals surface area contributed by atoms with Crippen molar-refractivity contribution in [2.45, 2.75) is 76.7 Å². The van der Waals surface area contributed by atoms with Gasteiger partial charge in [0.2, 0.25) is 11.8 Å². The van der Waals surface area contributed by atoms with Crippen molar-refractivity contribution in [3.05, 3.63) is 0 Å². The molecule has 1 aliphatic heterocycles. The van der Waals surface area contributed by atoms with Crippen molar-refractivity contribution in [1.82, 2.24) is 10.2 Å². The van der Waals surface area contributed by atoms with E-state index in [2.05, 4.69) is 5.32 Å². The van der Waals surface area contributed by atoms with E-state index in [9.17, 15) is 9.59 Å². The lowest BCUT2D eigenvalue weighted by molar-refractivity contribution is -0.136. The summed E-state index contributed by atoms with van der Waals surface area (Å²) in [5.41, 5.74) is 0. The van der Waals surface area contributed by atoms with E-state index in [4.69, 9.17) is 0 Å². The molecule has 124 valence electrons. The molecule has 0 atom stereocenters. The van der Waals surface area contributed by atoms with Crippen LogP contribution in [-0.2, 0) is 9.59 Å². The smallest absolute Gasteiger partial charge is 0.225 e. The number of likely N-dealkylation sites (tertiary alicyclic amines) is 1. The normalized spacial score (nSPS) is 25.4. The van der Waals surface area contributed by atoms with Gasteiger partial charge in [-0.2, -0.15) is 0 Å². The largest absolute Gasteiger partial charge is 0.353 e. The van der Waals surface area contributed by atoms with E-state index < -0.39 is 0 Å². The Bertz CT molecular complexity index is 390. The number of carbonyl (C=O) groups excluding carboxylic acids is 2. The van der Waals surface area contributed by atoms with Crippen molar-refractivity contribution in [3.63, 3.8) is 0 Å². The number of amides is 2. The van der Waals surface area contributed by atoms with E-state index in [-0.39, 0.29) is 23.8 Å². The predicted molar refractivity (Wildman–Crippen MR) is 86.3 cm³/mol. The molecule has 2 amide bonds. The summed E-state index contributed by atoms with van der Waals surface area (Å²) in [6.45, 7) is 1.65. The molecule has 2 aliphatic carbocycles. The number of piperidine rings is 1. The zero-order chi connectivity index (χ0) is 15.4. The van der Waals surface area contributed by atoms with Crippen LogP contribution in [0.15, 0.2) is 0 Å². The molecule has 3 rings (SSSR count). The molecule has 22 heavy (non-hydrogen) atoms. The van der Waals surface area contributed by atoms with Crippen LogP contribution in [0.25, 0.3) is 0 Å². The number of rotatable bonds is 3. The fourth-order valence-electron chi connectivity index (χ4n) is 4.36. The summed E-state index contributed by atoms with van der Waals surface area (Å²) in [5.74, 6) is 1.16. The molecule has 0 unspecified atom stereocenters. The molecule has 1 saturated heterocycles. The van der Waals surface area contributed by atoms with Gasteiger partial charge in [0.25, 0.3) is 0 Å². The Hall–Kier alpha value is -1.06. The molecule has 3 fully saturated rings. The number of nitrogens with zero attached hydrogens (tertiary/aromatic N) is 1. The van der Waals surface area contributed by atoms with E-state index in [1.54, 1.807) is 0 Å². The van der Waals surface area contributed by atoms with Crippen LogP contribution in [0.5, 0.6) is 0 Å². The highest BCUT2D eigenvalue weighted by Crippen LogP contribution is 2.28. The summed E-state index contributed by atoms with van der Waals surface area (Å²) in [4.78, 5) is 26.8. The molecule has 1 N–H and O–H groups in total. The van der Waals surface area contributed by atoms with Crippen LogP contribution in [0.4, 0.5) is 0 Å². The van der Waals surface area contributed by atoms with Gasteiger partial charge >= 0.3 is 0 Å². The van der Waals surface area contributed by atoms with E-state index in [0.717, 1.165) is 51.6 Å². The molecule has 4 nitrogen and oxygen atoms in total. The topological polar surface area (TPSA) is 49.4 Å². The molecule has 0 aromatic carbocycles. The van der Waals surface area contributed by atoms with Gasteiger partial charge in [0.05, 0.1) is 0 Å². The van der Waals surface area contributed by atoms with Crippen molar-refractivity contribution < 1.29 is 9.59 Å². The Kier molecular flexibility index (Phi) is 5.37. The van der Waals surface area contributed by atoms with Crippen molar-refractivity contribution >= 4 is 11.8 Å². The lowest BCUT2D eigenvalue weighted by Gasteiger charge is -2.34. The maximum Gasteiger partial charge on any atom is 0.225 e. The highest BCUT2D eigenvalue weighted by molar-refractivity contribution is 5.80. The van der Waals surface area contributed by atoms with Crippen molar-refractivity contribution in [2.24, 2.45) is 11.8 Å². The SMILES string of the molecule is O=C(NC1CCN(C(=O)C2CCCC2)CC1)C1CCCCC1. The van der Waals surface area contributed by atoms with Gasteiger partial charge in [-0.3, -0.25) is 9.59 Å². The maximum absolute atomic E-state index is 12.4. The molecular weight excluding hydrogens is 276 g/mol. The van der Waals surface area contributed by atoms with Gasteiger partial charge < -0.3 is 10.2 Å². The Morgan fingerprint density at radius 3 is 1.91 bits per heavy atom. The van der Waals surface area contributed by atoms with Crippen LogP contribution in [0.2, 0.25) is 0 Å². The van der Waals surface area contributed by atoms with Gasteiger partial charge in [-0.15, -0.1) is 0 Å². The average molecular weight is 306 g/mol. The van der Waals surface area contributed by atoms with Gasteiger partial charge in [-0.05, 0) is 38.5 Å². The second kappa shape index (κ2) is 7.47. The lowest BCUT2D eigenvalue weighted by Crippen LogP contribution is -2.49. The fourth-order valence-corrected chi connectivity index (χ4v) is 4.36. The fraction of sp³-hybridized carbons (Fsp3) is 0.889. The first kappa shape index (κ1) is 15.8. The molecule has 2 saturated carbocycles. The number of hydrogen-bond donors (Lipinski definition) is 1. The quantitative estimate of drug-likeness (QED) is 0.871. The van der Waals surface area contributed by atoms with Gasteiger partial charge in [-0.1, -0.05) is 32.1 Å². The predicted octanol–water partition coefficient (Wildman–Crippen LogP) is 2.86. The van der Waals surface area contributed by atoms with E-state index in [1.165, 1.54) is 32.1 Å². The van der Waals surface area contributed by atoms with Crippen LogP contribution in [-0.4, -0.2) is 35.8 Å². The molecule has 0 aromatic rings. The molecule has 3 aliphatic rings. The molecule has 1 heterocycles. The van der Waals surface area contributed by atoms with Gasteiger partial charge in [0.15, 0.2) is 0 Å². The zero-order valence-corrected chi connectivity index (χ0v) is 13.7. The van der Waals surface area contributed by atoms with Crippen LogP contribution in [0, 0.1) is 11.8 Å². The van der Waals surface area contributed by atoms with Crippen LogP contribution >= 0.6 is 0 Å². The minimum atomic E-state index is 0.243. The van der Waals surface area contributed by atoms with E-state index in [0.29, 0.717) is 5.91 Å². The van der Waals surface area contributed by atoms with Crippen molar-refractivity contribution in [2.75, 3.05) is 13.1 Å². The maximum atomic E-state index is 12.4. The minimum Gasteiger partial charge on any atom is -0.353 e. The second-order valence-electron chi connectivity index (χ2n) is 7.42. The van der Waals surface area contributed by atoms with Crippen LogP contribution < -0.4 is 5.32 Å². The number of hydrogen-bond acceptors (Lipinski definition) is 2. The summed E-state index contributed by atoms with van der Waals surface area (Å²) in [6.07, 6.45) is 12.2. The van der Waals surface area contributed by atoms with Crippen LogP contribution in [0.1, 0.15) is 70.6 Å². The molecular formula is C18H30N2O2.